The maximum Gasteiger partial charge on any atom is 0.416 e. The van der Waals surface area contributed by atoms with Gasteiger partial charge in [0.05, 0.1) is 10.5 Å². The number of hydrogen-bond acceptors (Lipinski definition) is 3. The van der Waals surface area contributed by atoms with Crippen LogP contribution in [0.3, 0.4) is 0 Å². The summed E-state index contributed by atoms with van der Waals surface area (Å²) in [7, 11) is -2.69. The van der Waals surface area contributed by atoms with Crippen LogP contribution in [0, 0.1) is 0 Å². The van der Waals surface area contributed by atoms with Crippen LogP contribution < -0.4 is 5.73 Å². The molecule has 1 aromatic carbocycles. The molecule has 1 aromatic rings. The minimum absolute atomic E-state index is 0. The number of benzene rings is 1. The fourth-order valence-electron chi connectivity index (χ4n) is 1.38. The Morgan fingerprint density at radius 1 is 1.35 bits per heavy atom. The zero-order chi connectivity index (χ0) is 14.8. The Morgan fingerprint density at radius 2 is 1.90 bits per heavy atom. The van der Waals surface area contributed by atoms with Gasteiger partial charge < -0.3 is 5.73 Å². The first-order valence-corrected chi connectivity index (χ1v) is 6.90. The molecule has 0 bridgehead atoms. The number of halogens is 4. The largest absolute Gasteiger partial charge is 0.416 e. The van der Waals surface area contributed by atoms with Crippen molar-refractivity contribution < 1.29 is 21.6 Å². The molecule has 0 aliphatic carbocycles. The average Bonchev–Trinajstić information content (AvgIpc) is 2.36. The van der Waals surface area contributed by atoms with E-state index in [2.05, 4.69) is 0 Å². The molecule has 0 fully saturated rings. The van der Waals surface area contributed by atoms with Gasteiger partial charge in [0.1, 0.15) is 0 Å². The highest BCUT2D eigenvalue weighted by atomic mass is 35.5. The number of nitrogens with two attached hydrogens (primary N) is 1. The van der Waals surface area contributed by atoms with E-state index in [0.29, 0.717) is 6.07 Å². The molecule has 0 saturated carbocycles. The van der Waals surface area contributed by atoms with Gasteiger partial charge in [-0.1, -0.05) is 6.07 Å². The minimum atomic E-state index is -4.58. The standard InChI is InChI=1S/C11H15F3N2O2S.ClH/c1-8(7-15)16(2)19(17,18)10-5-3-4-9(6-10)11(12,13)14;/h3-6,8H,7,15H2,1-2H3;1H. The van der Waals surface area contributed by atoms with Crippen molar-refractivity contribution >= 4 is 22.4 Å². The van der Waals surface area contributed by atoms with Crippen LogP contribution in [0.4, 0.5) is 13.2 Å². The molecule has 0 aliphatic rings. The molecule has 0 aliphatic heterocycles. The third kappa shape index (κ3) is 4.08. The molecule has 0 radical (unpaired) electrons. The van der Waals surface area contributed by atoms with Crippen molar-refractivity contribution in [3.05, 3.63) is 29.8 Å². The smallest absolute Gasteiger partial charge is 0.329 e. The molecule has 20 heavy (non-hydrogen) atoms. The molecule has 0 spiro atoms. The summed E-state index contributed by atoms with van der Waals surface area (Å²) >= 11 is 0. The SMILES string of the molecule is CC(CN)N(C)S(=O)(=O)c1cccc(C(F)(F)F)c1.Cl. The lowest BCUT2D eigenvalue weighted by molar-refractivity contribution is -0.137. The Hall–Kier alpha value is -0.830. The monoisotopic (exact) mass is 332 g/mol. The molecule has 0 aromatic heterocycles. The summed E-state index contributed by atoms with van der Waals surface area (Å²) in [5.74, 6) is 0. The summed E-state index contributed by atoms with van der Waals surface area (Å²) in [5, 5.41) is 0. The highest BCUT2D eigenvalue weighted by Crippen LogP contribution is 2.31. The predicted octanol–water partition coefficient (Wildman–Crippen LogP) is 2.09. The number of nitrogens with zero attached hydrogens (tertiary/aromatic N) is 1. The Labute approximate surface area is 122 Å². The van der Waals surface area contributed by atoms with Crippen LogP contribution in [0.1, 0.15) is 12.5 Å². The van der Waals surface area contributed by atoms with Crippen molar-refractivity contribution in [3.8, 4) is 0 Å². The highest BCUT2D eigenvalue weighted by molar-refractivity contribution is 7.89. The van der Waals surface area contributed by atoms with Gasteiger partial charge in [-0.25, -0.2) is 8.42 Å². The summed E-state index contributed by atoms with van der Waals surface area (Å²) in [6.07, 6.45) is -4.58. The van der Waals surface area contributed by atoms with E-state index in [4.69, 9.17) is 5.73 Å². The van der Waals surface area contributed by atoms with Crippen molar-refractivity contribution in [1.29, 1.82) is 0 Å². The average molecular weight is 333 g/mol. The first-order chi connectivity index (χ1) is 8.60. The van der Waals surface area contributed by atoms with Gasteiger partial charge in [-0.3, -0.25) is 0 Å². The van der Waals surface area contributed by atoms with Crippen LogP contribution >= 0.6 is 12.4 Å². The number of likely N-dealkylation sites (N-methyl/N-ethyl adjacent to an activating group) is 1. The summed E-state index contributed by atoms with van der Waals surface area (Å²) in [4.78, 5) is -0.398. The fourth-order valence-corrected chi connectivity index (χ4v) is 2.80. The first-order valence-electron chi connectivity index (χ1n) is 5.46. The van der Waals surface area contributed by atoms with E-state index in [-0.39, 0.29) is 19.0 Å². The molecule has 116 valence electrons. The summed E-state index contributed by atoms with van der Waals surface area (Å²) in [6.45, 7) is 1.65. The number of sulfonamides is 1. The zero-order valence-electron chi connectivity index (χ0n) is 10.9. The van der Waals surface area contributed by atoms with Crippen molar-refractivity contribution in [2.75, 3.05) is 13.6 Å². The lowest BCUT2D eigenvalue weighted by Crippen LogP contribution is -2.39. The molecule has 2 N–H and O–H groups in total. The van der Waals surface area contributed by atoms with Crippen LogP contribution in [-0.2, 0) is 16.2 Å². The Morgan fingerprint density at radius 3 is 2.35 bits per heavy atom. The Kier molecular flexibility index (Phi) is 6.47. The maximum absolute atomic E-state index is 12.6. The topological polar surface area (TPSA) is 63.4 Å². The van der Waals surface area contributed by atoms with E-state index in [9.17, 15) is 21.6 Å². The van der Waals surface area contributed by atoms with Gasteiger partial charge in [-0.05, 0) is 25.1 Å². The normalized spacial score (nSPS) is 13.9. The summed E-state index contributed by atoms with van der Waals surface area (Å²) < 4.78 is 62.9. The van der Waals surface area contributed by atoms with Crippen LogP contribution in [0.5, 0.6) is 0 Å². The first kappa shape index (κ1) is 19.2. The molecule has 9 heteroatoms. The molecular weight excluding hydrogens is 317 g/mol. The zero-order valence-corrected chi connectivity index (χ0v) is 12.5. The molecule has 4 nitrogen and oxygen atoms in total. The lowest BCUT2D eigenvalue weighted by atomic mass is 10.2. The predicted molar refractivity (Wildman–Crippen MR) is 72.2 cm³/mol. The summed E-state index contributed by atoms with van der Waals surface area (Å²) in [5.41, 5.74) is 4.36. The minimum Gasteiger partial charge on any atom is -0.329 e. The van der Waals surface area contributed by atoms with Crippen LogP contribution in [0.25, 0.3) is 0 Å². The van der Waals surface area contributed by atoms with Gasteiger partial charge in [0.2, 0.25) is 10.0 Å². The Bertz CT molecular complexity index is 549. The summed E-state index contributed by atoms with van der Waals surface area (Å²) in [6, 6.07) is 3.14. The molecule has 0 saturated heterocycles. The van der Waals surface area contributed by atoms with Crippen molar-refractivity contribution in [2.45, 2.75) is 24.0 Å². The van der Waals surface area contributed by atoms with E-state index >= 15 is 0 Å². The maximum atomic E-state index is 12.6. The molecular formula is C11H16ClF3N2O2S. The second kappa shape index (κ2) is 6.75. The van der Waals surface area contributed by atoms with Crippen LogP contribution in [-0.4, -0.2) is 32.4 Å². The highest BCUT2D eigenvalue weighted by Gasteiger charge is 2.32. The number of alkyl halides is 3. The van der Waals surface area contributed by atoms with E-state index in [1.165, 1.54) is 7.05 Å². The van der Waals surface area contributed by atoms with Crippen molar-refractivity contribution in [3.63, 3.8) is 0 Å². The second-order valence-corrected chi connectivity index (χ2v) is 6.13. The quantitative estimate of drug-likeness (QED) is 0.918. The number of rotatable bonds is 4. The van der Waals surface area contributed by atoms with Crippen LogP contribution in [0.15, 0.2) is 29.2 Å². The molecule has 0 amide bonds. The van der Waals surface area contributed by atoms with E-state index in [1.807, 2.05) is 0 Å². The van der Waals surface area contributed by atoms with Gasteiger partial charge >= 0.3 is 6.18 Å². The molecule has 0 heterocycles. The molecule has 1 rings (SSSR count). The van der Waals surface area contributed by atoms with E-state index in [0.717, 1.165) is 22.5 Å². The van der Waals surface area contributed by atoms with Gasteiger partial charge in [0.25, 0.3) is 0 Å². The van der Waals surface area contributed by atoms with Crippen molar-refractivity contribution in [1.82, 2.24) is 4.31 Å². The lowest BCUT2D eigenvalue weighted by Gasteiger charge is -2.23. The number of hydrogen-bond donors (Lipinski definition) is 1. The van der Waals surface area contributed by atoms with Gasteiger partial charge in [0.15, 0.2) is 0 Å². The van der Waals surface area contributed by atoms with Gasteiger partial charge in [0, 0.05) is 19.6 Å². The van der Waals surface area contributed by atoms with Crippen molar-refractivity contribution in [2.24, 2.45) is 5.73 Å². The second-order valence-electron chi connectivity index (χ2n) is 4.13. The van der Waals surface area contributed by atoms with Crippen LogP contribution in [0.2, 0.25) is 0 Å². The third-order valence-corrected chi connectivity index (χ3v) is 4.77. The van der Waals surface area contributed by atoms with E-state index < -0.39 is 32.7 Å². The van der Waals surface area contributed by atoms with Gasteiger partial charge in [-0.15, -0.1) is 12.4 Å². The van der Waals surface area contributed by atoms with Gasteiger partial charge in [-0.2, -0.15) is 17.5 Å². The molecule has 1 unspecified atom stereocenters. The third-order valence-electron chi connectivity index (χ3n) is 2.80. The molecule has 1 atom stereocenters. The Balaban J connectivity index is 0.00000361. The van der Waals surface area contributed by atoms with E-state index in [1.54, 1.807) is 6.92 Å². The fraction of sp³-hybridized carbons (Fsp3) is 0.455.